The van der Waals surface area contributed by atoms with E-state index in [9.17, 15) is 4.79 Å². The molecule has 0 fully saturated rings. The number of hydrogen-bond acceptors (Lipinski definition) is 2. The number of carbonyl (C=O) groups excluding carboxylic acids is 1. The third kappa shape index (κ3) is 20.7. The van der Waals surface area contributed by atoms with E-state index in [-0.39, 0.29) is 5.97 Å². The molecule has 0 spiro atoms. The Morgan fingerprint density at radius 2 is 1.15 bits per heavy atom. The van der Waals surface area contributed by atoms with Crippen molar-refractivity contribution in [3.63, 3.8) is 0 Å². The molecule has 0 aliphatic carbocycles. The third-order valence-corrected chi connectivity index (χ3v) is 4.36. The van der Waals surface area contributed by atoms with Crippen molar-refractivity contribution in [3.8, 4) is 0 Å². The van der Waals surface area contributed by atoms with Crippen molar-refractivity contribution < 1.29 is 9.53 Å². The van der Waals surface area contributed by atoms with Crippen molar-refractivity contribution in [3.05, 3.63) is 36.5 Å². The van der Waals surface area contributed by atoms with E-state index in [2.05, 4.69) is 31.2 Å². The second-order valence-corrected chi connectivity index (χ2v) is 6.88. The summed E-state index contributed by atoms with van der Waals surface area (Å²) in [6.45, 7) is 4.53. The van der Waals surface area contributed by atoms with Crippen LogP contribution < -0.4 is 0 Å². The second kappa shape index (κ2) is 21.7. The number of rotatable bonds is 18. The summed E-state index contributed by atoms with van der Waals surface area (Å²) in [6, 6.07) is 0. The number of hydrogen-bond donors (Lipinski definition) is 0. The number of carbonyl (C=O) groups is 1. The van der Waals surface area contributed by atoms with Crippen molar-refractivity contribution in [1.29, 1.82) is 0 Å². The van der Waals surface area contributed by atoms with Crippen LogP contribution in [-0.2, 0) is 9.53 Å². The highest BCUT2D eigenvalue weighted by Crippen LogP contribution is 2.10. The first-order valence-corrected chi connectivity index (χ1v) is 10.9. The molecule has 2 nitrogen and oxygen atoms in total. The van der Waals surface area contributed by atoms with Gasteiger partial charge in [0.2, 0.25) is 0 Å². The van der Waals surface area contributed by atoms with E-state index in [1.807, 2.05) is 13.0 Å². The molecule has 2 heteroatoms. The van der Waals surface area contributed by atoms with Crippen LogP contribution in [0.3, 0.4) is 0 Å². The number of esters is 1. The fourth-order valence-corrected chi connectivity index (χ4v) is 2.80. The average molecular weight is 363 g/mol. The Morgan fingerprint density at radius 3 is 1.69 bits per heavy atom. The maximum Gasteiger partial charge on any atom is 0.330 e. The predicted molar refractivity (Wildman–Crippen MR) is 114 cm³/mol. The Hall–Kier alpha value is -1.31. The molecular weight excluding hydrogens is 320 g/mol. The van der Waals surface area contributed by atoms with Crippen molar-refractivity contribution in [2.24, 2.45) is 0 Å². The zero-order valence-corrected chi connectivity index (χ0v) is 17.4. The molecule has 0 unspecified atom stereocenters. The van der Waals surface area contributed by atoms with Crippen molar-refractivity contribution >= 4 is 5.97 Å². The molecule has 0 saturated heterocycles. The topological polar surface area (TPSA) is 26.3 Å². The highest BCUT2D eigenvalue weighted by atomic mass is 16.5. The van der Waals surface area contributed by atoms with Crippen LogP contribution >= 0.6 is 0 Å². The Bertz CT molecular complexity index is 380. The van der Waals surface area contributed by atoms with E-state index < -0.39 is 0 Å². The van der Waals surface area contributed by atoms with Crippen LogP contribution in [0.4, 0.5) is 0 Å². The molecule has 0 aliphatic rings. The zero-order valence-electron chi connectivity index (χ0n) is 17.4. The molecule has 0 aromatic rings. The van der Waals surface area contributed by atoms with Gasteiger partial charge in [-0.3, -0.25) is 0 Å². The van der Waals surface area contributed by atoms with Gasteiger partial charge in [0.15, 0.2) is 0 Å². The van der Waals surface area contributed by atoms with E-state index in [1.54, 1.807) is 6.08 Å². The summed E-state index contributed by atoms with van der Waals surface area (Å²) >= 11 is 0. The van der Waals surface area contributed by atoms with E-state index in [4.69, 9.17) is 4.74 Å². The molecular formula is C24H42O2. The van der Waals surface area contributed by atoms with Gasteiger partial charge in [0.1, 0.15) is 0 Å². The zero-order chi connectivity index (χ0) is 19.1. The highest BCUT2D eigenvalue weighted by Gasteiger charge is 1.93. The van der Waals surface area contributed by atoms with E-state index >= 15 is 0 Å². The Morgan fingerprint density at radius 1 is 0.654 bits per heavy atom. The quantitative estimate of drug-likeness (QED) is 0.108. The molecule has 0 heterocycles. The molecule has 0 aromatic heterocycles. The lowest BCUT2D eigenvalue weighted by Crippen LogP contribution is -1.98. The summed E-state index contributed by atoms with van der Waals surface area (Å²) in [7, 11) is 0. The van der Waals surface area contributed by atoms with E-state index in [0.29, 0.717) is 6.61 Å². The van der Waals surface area contributed by atoms with Gasteiger partial charge in [0, 0.05) is 6.08 Å². The Kier molecular flexibility index (Phi) is 20.6. The van der Waals surface area contributed by atoms with Crippen LogP contribution in [0.25, 0.3) is 0 Å². The minimum atomic E-state index is -0.218. The molecule has 0 bridgehead atoms. The van der Waals surface area contributed by atoms with Gasteiger partial charge in [0.25, 0.3) is 0 Å². The third-order valence-electron chi connectivity index (χ3n) is 4.36. The van der Waals surface area contributed by atoms with Crippen molar-refractivity contribution in [2.75, 3.05) is 6.61 Å². The number of unbranched alkanes of at least 4 members (excludes halogenated alkanes) is 11. The molecule has 0 rings (SSSR count). The molecule has 0 radical (unpaired) electrons. The molecule has 26 heavy (non-hydrogen) atoms. The Balaban J connectivity index is 3.24. The largest absolute Gasteiger partial charge is 0.463 e. The maximum atomic E-state index is 11.1. The van der Waals surface area contributed by atoms with Crippen LogP contribution in [-0.4, -0.2) is 12.6 Å². The molecule has 0 aliphatic heterocycles. The summed E-state index contributed by atoms with van der Waals surface area (Å²) < 4.78 is 4.85. The monoisotopic (exact) mass is 362 g/mol. The highest BCUT2D eigenvalue weighted by molar-refractivity contribution is 5.81. The first-order chi connectivity index (χ1) is 12.8. The molecule has 0 amide bonds. The lowest BCUT2D eigenvalue weighted by molar-refractivity contribution is -0.137. The summed E-state index contributed by atoms with van der Waals surface area (Å²) in [5, 5.41) is 0. The lowest BCUT2D eigenvalue weighted by atomic mass is 10.1. The fourth-order valence-electron chi connectivity index (χ4n) is 2.80. The van der Waals surface area contributed by atoms with Crippen LogP contribution in [0.5, 0.6) is 0 Å². The maximum absolute atomic E-state index is 11.1. The van der Waals surface area contributed by atoms with Gasteiger partial charge < -0.3 is 4.74 Å². The van der Waals surface area contributed by atoms with Gasteiger partial charge in [-0.15, -0.1) is 0 Å². The van der Waals surface area contributed by atoms with E-state index in [1.165, 1.54) is 77.0 Å². The van der Waals surface area contributed by atoms with Crippen LogP contribution in [0.2, 0.25) is 0 Å². The number of allylic oxidation sites excluding steroid dienone is 5. The number of ether oxygens (including phenoxy) is 1. The molecule has 150 valence electrons. The van der Waals surface area contributed by atoms with Gasteiger partial charge in [-0.25, -0.2) is 4.79 Å². The van der Waals surface area contributed by atoms with E-state index in [0.717, 1.165) is 12.8 Å². The molecule has 0 N–H and O–H groups in total. The SMILES string of the molecule is CCCCC/C=C\CC=CCCCCCCCCCC=CC(=O)OCC. The summed E-state index contributed by atoms with van der Waals surface area (Å²) in [5.74, 6) is -0.218. The van der Waals surface area contributed by atoms with Gasteiger partial charge in [-0.2, -0.15) is 0 Å². The van der Waals surface area contributed by atoms with Gasteiger partial charge in [-0.1, -0.05) is 82.2 Å². The van der Waals surface area contributed by atoms with Gasteiger partial charge in [-0.05, 0) is 51.9 Å². The summed E-state index contributed by atoms with van der Waals surface area (Å²) in [4.78, 5) is 11.1. The molecule has 0 aromatic carbocycles. The lowest BCUT2D eigenvalue weighted by Gasteiger charge is -2.00. The van der Waals surface area contributed by atoms with Crippen LogP contribution in [0.1, 0.15) is 104 Å². The normalized spacial score (nSPS) is 11.9. The fraction of sp³-hybridized carbons (Fsp3) is 0.708. The van der Waals surface area contributed by atoms with Gasteiger partial charge in [0.05, 0.1) is 6.61 Å². The molecule has 0 saturated carbocycles. The van der Waals surface area contributed by atoms with Crippen LogP contribution in [0, 0.1) is 0 Å². The van der Waals surface area contributed by atoms with Gasteiger partial charge >= 0.3 is 5.97 Å². The van der Waals surface area contributed by atoms with Crippen molar-refractivity contribution in [1.82, 2.24) is 0 Å². The predicted octanol–water partition coefficient (Wildman–Crippen LogP) is 7.70. The minimum absolute atomic E-state index is 0.218. The average Bonchev–Trinajstić information content (AvgIpc) is 2.64. The standard InChI is InChI=1S/C24H42O2/c1-3-5-6-7-8-9-10-11-12-13-14-15-16-17-18-19-20-21-22-23-24(25)26-4-2/h8-9,11-12,22-23H,3-7,10,13-21H2,1-2H3/b9-8-,12-11?,23-22?. The first kappa shape index (κ1) is 24.7. The Labute approximate surface area is 162 Å². The van der Waals surface area contributed by atoms with Crippen LogP contribution in [0.15, 0.2) is 36.5 Å². The molecule has 0 atom stereocenters. The van der Waals surface area contributed by atoms with Crippen molar-refractivity contribution in [2.45, 2.75) is 104 Å². The smallest absolute Gasteiger partial charge is 0.330 e. The minimum Gasteiger partial charge on any atom is -0.463 e. The summed E-state index contributed by atoms with van der Waals surface area (Å²) in [5.41, 5.74) is 0. The summed E-state index contributed by atoms with van der Waals surface area (Å²) in [6.07, 6.45) is 30.4. The first-order valence-electron chi connectivity index (χ1n) is 10.9. The second-order valence-electron chi connectivity index (χ2n) is 6.88.